The molecule has 1 aromatic heterocycles. The smallest absolute Gasteiger partial charge is 0.101 e. The first kappa shape index (κ1) is 12.4. The van der Waals surface area contributed by atoms with Gasteiger partial charge < -0.3 is 15.5 Å². The van der Waals surface area contributed by atoms with Gasteiger partial charge in [0.05, 0.1) is 36.2 Å². The molecular formula is C11H15N3O2. The lowest BCUT2D eigenvalue weighted by Crippen LogP contribution is -2.45. The van der Waals surface area contributed by atoms with Crippen LogP contribution in [0.1, 0.15) is 18.9 Å². The number of hydrogen-bond donors (Lipinski definition) is 3. The molecule has 0 saturated carbocycles. The lowest BCUT2D eigenvalue weighted by Gasteiger charge is -2.31. The number of aliphatic hydroxyl groups is 2. The normalized spacial score (nSPS) is 10.9. The van der Waals surface area contributed by atoms with Crippen LogP contribution in [0.15, 0.2) is 18.5 Å². The van der Waals surface area contributed by atoms with E-state index in [2.05, 4.69) is 10.3 Å². The van der Waals surface area contributed by atoms with Gasteiger partial charge in [0.1, 0.15) is 6.07 Å². The number of aromatic nitrogens is 1. The maximum absolute atomic E-state index is 9.28. The maximum atomic E-state index is 9.28. The molecule has 0 aliphatic rings. The van der Waals surface area contributed by atoms with Crippen molar-refractivity contribution in [1.29, 1.82) is 5.26 Å². The van der Waals surface area contributed by atoms with E-state index in [1.54, 1.807) is 6.07 Å². The summed E-state index contributed by atoms with van der Waals surface area (Å²) in [5.41, 5.74) is 0.152. The van der Waals surface area contributed by atoms with Crippen molar-refractivity contribution in [3.8, 4) is 6.07 Å². The van der Waals surface area contributed by atoms with Gasteiger partial charge in [0.15, 0.2) is 0 Å². The van der Waals surface area contributed by atoms with Gasteiger partial charge in [-0.15, -0.1) is 0 Å². The largest absolute Gasteiger partial charge is 0.394 e. The molecule has 0 aliphatic carbocycles. The quantitative estimate of drug-likeness (QED) is 0.673. The number of nitrogens with one attached hydrogen (secondary N) is 1. The Morgan fingerprint density at radius 1 is 1.50 bits per heavy atom. The van der Waals surface area contributed by atoms with Crippen molar-refractivity contribution < 1.29 is 10.2 Å². The zero-order valence-corrected chi connectivity index (χ0v) is 9.14. The van der Waals surface area contributed by atoms with Crippen LogP contribution in [0.25, 0.3) is 0 Å². The van der Waals surface area contributed by atoms with Gasteiger partial charge in [-0.3, -0.25) is 4.98 Å². The van der Waals surface area contributed by atoms with E-state index in [0.29, 0.717) is 17.7 Å². The molecule has 0 bridgehead atoms. The van der Waals surface area contributed by atoms with Gasteiger partial charge in [-0.25, -0.2) is 0 Å². The van der Waals surface area contributed by atoms with Gasteiger partial charge in [-0.1, -0.05) is 6.92 Å². The molecule has 5 heteroatoms. The average molecular weight is 221 g/mol. The topological polar surface area (TPSA) is 89.2 Å². The summed E-state index contributed by atoms with van der Waals surface area (Å²) in [7, 11) is 0. The predicted octanol–water partition coefficient (Wildman–Crippen LogP) is 0.499. The SMILES string of the molecule is CCC(CO)(CO)Nc1cnccc1C#N. The summed E-state index contributed by atoms with van der Waals surface area (Å²) in [6.07, 6.45) is 3.57. The predicted molar refractivity (Wildman–Crippen MR) is 59.8 cm³/mol. The van der Waals surface area contributed by atoms with Crippen molar-refractivity contribution >= 4 is 5.69 Å². The van der Waals surface area contributed by atoms with E-state index in [1.165, 1.54) is 12.4 Å². The zero-order chi connectivity index (χ0) is 12.0. The third-order valence-electron chi connectivity index (χ3n) is 2.62. The summed E-state index contributed by atoms with van der Waals surface area (Å²) in [5, 5.41) is 30.4. The van der Waals surface area contributed by atoms with Gasteiger partial charge in [-0.2, -0.15) is 5.26 Å². The van der Waals surface area contributed by atoms with Gasteiger partial charge in [0.2, 0.25) is 0 Å². The number of nitriles is 1. The van der Waals surface area contributed by atoms with E-state index in [9.17, 15) is 10.2 Å². The Kier molecular flexibility index (Phi) is 4.23. The van der Waals surface area contributed by atoms with Gasteiger partial charge in [0, 0.05) is 6.20 Å². The first-order valence-electron chi connectivity index (χ1n) is 5.05. The van der Waals surface area contributed by atoms with Crippen LogP contribution in [0.4, 0.5) is 5.69 Å². The van der Waals surface area contributed by atoms with Crippen molar-refractivity contribution in [2.24, 2.45) is 0 Å². The van der Waals surface area contributed by atoms with Crippen LogP contribution < -0.4 is 5.32 Å². The first-order chi connectivity index (χ1) is 7.71. The molecule has 86 valence electrons. The average Bonchev–Trinajstić information content (AvgIpc) is 2.36. The second kappa shape index (κ2) is 5.45. The van der Waals surface area contributed by atoms with E-state index in [0.717, 1.165) is 0 Å². The van der Waals surface area contributed by atoms with Crippen LogP contribution in [-0.4, -0.2) is 33.9 Å². The number of aliphatic hydroxyl groups excluding tert-OH is 2. The molecular weight excluding hydrogens is 206 g/mol. The monoisotopic (exact) mass is 221 g/mol. The summed E-state index contributed by atoms with van der Waals surface area (Å²) >= 11 is 0. The summed E-state index contributed by atoms with van der Waals surface area (Å²) in [5.74, 6) is 0. The lowest BCUT2D eigenvalue weighted by molar-refractivity contribution is 0.132. The summed E-state index contributed by atoms with van der Waals surface area (Å²) < 4.78 is 0. The van der Waals surface area contributed by atoms with E-state index in [4.69, 9.17) is 5.26 Å². The van der Waals surface area contributed by atoms with E-state index < -0.39 is 5.54 Å². The minimum absolute atomic E-state index is 0.209. The highest BCUT2D eigenvalue weighted by Gasteiger charge is 2.27. The standard InChI is InChI=1S/C11H15N3O2/c1-2-11(7-15,8-16)14-10-6-13-4-3-9(10)5-12/h3-4,6,14-16H,2,7-8H2,1H3. The molecule has 0 saturated heterocycles. The molecule has 3 N–H and O–H groups in total. The van der Waals surface area contributed by atoms with Crippen molar-refractivity contribution in [1.82, 2.24) is 4.98 Å². The third-order valence-corrected chi connectivity index (χ3v) is 2.62. The fourth-order valence-electron chi connectivity index (χ4n) is 1.32. The van der Waals surface area contributed by atoms with Crippen LogP contribution in [0.2, 0.25) is 0 Å². The van der Waals surface area contributed by atoms with Crippen LogP contribution in [-0.2, 0) is 0 Å². The molecule has 5 nitrogen and oxygen atoms in total. The molecule has 1 heterocycles. The maximum Gasteiger partial charge on any atom is 0.101 e. The Morgan fingerprint density at radius 2 is 2.19 bits per heavy atom. The van der Waals surface area contributed by atoms with E-state index in [-0.39, 0.29) is 13.2 Å². The Hall–Kier alpha value is -1.64. The van der Waals surface area contributed by atoms with Crippen LogP contribution in [0.5, 0.6) is 0 Å². The fourth-order valence-corrected chi connectivity index (χ4v) is 1.32. The number of pyridine rings is 1. The van der Waals surface area contributed by atoms with Crippen LogP contribution in [0, 0.1) is 11.3 Å². The second-order valence-corrected chi connectivity index (χ2v) is 3.61. The van der Waals surface area contributed by atoms with Gasteiger partial charge in [0.25, 0.3) is 0 Å². The summed E-state index contributed by atoms with van der Waals surface area (Å²) in [6.45, 7) is 1.43. The molecule has 0 aliphatic heterocycles. The van der Waals surface area contributed by atoms with Gasteiger partial charge in [-0.05, 0) is 12.5 Å². The molecule has 1 aromatic rings. The number of rotatable bonds is 5. The van der Waals surface area contributed by atoms with E-state index in [1.807, 2.05) is 13.0 Å². The molecule has 1 rings (SSSR count). The molecule has 0 fully saturated rings. The molecule has 0 amide bonds. The minimum Gasteiger partial charge on any atom is -0.394 e. The highest BCUT2D eigenvalue weighted by Crippen LogP contribution is 2.20. The van der Waals surface area contributed by atoms with Crippen LogP contribution in [0.3, 0.4) is 0 Å². The lowest BCUT2D eigenvalue weighted by atomic mass is 9.97. The minimum atomic E-state index is -0.811. The van der Waals surface area contributed by atoms with Crippen molar-refractivity contribution in [2.75, 3.05) is 18.5 Å². The molecule has 0 spiro atoms. The Morgan fingerprint density at radius 3 is 2.69 bits per heavy atom. The summed E-state index contributed by atoms with van der Waals surface area (Å²) in [4.78, 5) is 3.90. The highest BCUT2D eigenvalue weighted by molar-refractivity contribution is 5.56. The van der Waals surface area contributed by atoms with Crippen molar-refractivity contribution in [3.63, 3.8) is 0 Å². The Bertz CT molecular complexity index is 375. The number of nitrogens with zero attached hydrogens (tertiary/aromatic N) is 2. The van der Waals surface area contributed by atoms with Gasteiger partial charge >= 0.3 is 0 Å². The molecule has 0 atom stereocenters. The fraction of sp³-hybridized carbons (Fsp3) is 0.455. The van der Waals surface area contributed by atoms with Crippen molar-refractivity contribution in [2.45, 2.75) is 18.9 Å². The Labute approximate surface area is 94.4 Å². The summed E-state index contributed by atoms with van der Waals surface area (Å²) in [6, 6.07) is 3.61. The highest BCUT2D eigenvalue weighted by atomic mass is 16.3. The second-order valence-electron chi connectivity index (χ2n) is 3.61. The molecule has 0 radical (unpaired) electrons. The van der Waals surface area contributed by atoms with E-state index >= 15 is 0 Å². The van der Waals surface area contributed by atoms with Crippen LogP contribution >= 0.6 is 0 Å². The first-order valence-corrected chi connectivity index (χ1v) is 5.05. The Balaban J connectivity index is 2.99. The van der Waals surface area contributed by atoms with Crippen molar-refractivity contribution in [3.05, 3.63) is 24.0 Å². The molecule has 16 heavy (non-hydrogen) atoms. The zero-order valence-electron chi connectivity index (χ0n) is 9.14. The number of anilines is 1. The third kappa shape index (κ3) is 2.48. The number of hydrogen-bond acceptors (Lipinski definition) is 5. The molecule has 0 unspecified atom stereocenters. The molecule has 0 aromatic carbocycles.